The second kappa shape index (κ2) is 11.3. The molecule has 43 heavy (non-hydrogen) atoms. The van der Waals surface area contributed by atoms with Crippen LogP contribution in [-0.2, 0) is 5.60 Å². The predicted octanol–water partition coefficient (Wildman–Crippen LogP) is 4.27. The molecule has 8 nitrogen and oxygen atoms in total. The number of nitrogens with one attached hydrogen (secondary N) is 1. The van der Waals surface area contributed by atoms with Crippen molar-refractivity contribution in [2.45, 2.75) is 38.3 Å². The van der Waals surface area contributed by atoms with Crippen LogP contribution < -0.4 is 15.1 Å². The molecule has 0 radical (unpaired) electrons. The molecule has 10 heteroatoms. The maximum Gasteiger partial charge on any atom is 0.228 e. The number of rotatable bonds is 6. The van der Waals surface area contributed by atoms with Crippen LogP contribution in [0.4, 0.5) is 20.5 Å². The highest BCUT2D eigenvalue weighted by atomic mass is 19.1. The average Bonchev–Trinajstić information content (AvgIpc) is 3.49. The third-order valence-electron chi connectivity index (χ3n) is 8.63. The summed E-state index contributed by atoms with van der Waals surface area (Å²) in [6.07, 6.45) is 9.53. The van der Waals surface area contributed by atoms with Crippen molar-refractivity contribution in [3.05, 3.63) is 53.2 Å². The zero-order chi connectivity index (χ0) is 30.5. The third kappa shape index (κ3) is 5.49. The molecule has 4 heterocycles. The number of nitrogens with zero attached hydrogens (tertiary/aromatic N) is 6. The second-order valence-electron chi connectivity index (χ2n) is 12.2. The van der Waals surface area contributed by atoms with E-state index >= 15 is 4.39 Å². The first-order valence-electron chi connectivity index (χ1n) is 14.8. The van der Waals surface area contributed by atoms with Crippen LogP contribution in [-0.4, -0.2) is 84.4 Å². The summed E-state index contributed by atoms with van der Waals surface area (Å²) >= 11 is 0. The molecule has 0 bridgehead atoms. The number of aromatic nitrogens is 3. The third-order valence-corrected chi connectivity index (χ3v) is 8.63. The molecule has 0 saturated carbocycles. The van der Waals surface area contributed by atoms with Crippen LogP contribution in [0.5, 0.6) is 0 Å². The summed E-state index contributed by atoms with van der Waals surface area (Å²) in [7, 11) is 4.03. The normalized spacial score (nSPS) is 18.0. The molecule has 2 N–H and O–H groups in total. The van der Waals surface area contributed by atoms with Crippen LogP contribution in [0, 0.1) is 24.0 Å². The SMILES string of the molecule is C#Cc1c(F)ccc2cc(C(C)(C)O)cc(-c3ncc4c(N(C)C[C@H]5CCCN5)nc(N5CCN(C)CC5)nc4c3F)c12. The summed E-state index contributed by atoms with van der Waals surface area (Å²) in [6.45, 7) is 8.11. The van der Waals surface area contributed by atoms with Crippen molar-refractivity contribution in [3.8, 4) is 23.6 Å². The number of halogens is 2. The van der Waals surface area contributed by atoms with Gasteiger partial charge in [0.05, 0.1) is 16.6 Å². The van der Waals surface area contributed by atoms with Gasteiger partial charge in [0, 0.05) is 63.0 Å². The largest absolute Gasteiger partial charge is 0.386 e. The van der Waals surface area contributed by atoms with E-state index in [2.05, 4.69) is 33.1 Å². The number of hydrogen-bond donors (Lipinski definition) is 2. The number of fused-ring (bicyclic) bond motifs is 2. The molecule has 0 amide bonds. The van der Waals surface area contributed by atoms with Gasteiger partial charge in [-0.2, -0.15) is 4.98 Å². The van der Waals surface area contributed by atoms with E-state index in [9.17, 15) is 9.50 Å². The number of piperazine rings is 1. The average molecular weight is 586 g/mol. The van der Waals surface area contributed by atoms with Crippen molar-refractivity contribution >= 4 is 33.4 Å². The van der Waals surface area contributed by atoms with Gasteiger partial charge in [0.25, 0.3) is 0 Å². The van der Waals surface area contributed by atoms with Crippen molar-refractivity contribution in [2.75, 3.05) is 63.2 Å². The van der Waals surface area contributed by atoms with Crippen LogP contribution >= 0.6 is 0 Å². The summed E-state index contributed by atoms with van der Waals surface area (Å²) in [4.78, 5) is 20.7. The van der Waals surface area contributed by atoms with Gasteiger partial charge in [0.15, 0.2) is 5.82 Å². The molecule has 2 aliphatic heterocycles. The molecule has 1 atom stereocenters. The van der Waals surface area contributed by atoms with Gasteiger partial charge < -0.3 is 25.1 Å². The van der Waals surface area contributed by atoms with Crippen LogP contribution in [0.25, 0.3) is 32.9 Å². The van der Waals surface area contributed by atoms with Crippen molar-refractivity contribution in [3.63, 3.8) is 0 Å². The van der Waals surface area contributed by atoms with Gasteiger partial charge in [-0.1, -0.05) is 12.0 Å². The number of likely N-dealkylation sites (N-methyl/N-ethyl adjacent to an activating group) is 2. The molecule has 0 unspecified atom stereocenters. The van der Waals surface area contributed by atoms with Crippen LogP contribution in [0.1, 0.15) is 37.8 Å². The Kier molecular flexibility index (Phi) is 7.67. The molecular formula is C33H37F2N7O. The molecule has 2 aromatic carbocycles. The number of hydrogen-bond acceptors (Lipinski definition) is 8. The summed E-state index contributed by atoms with van der Waals surface area (Å²) < 4.78 is 31.8. The van der Waals surface area contributed by atoms with Crippen molar-refractivity contribution in [2.24, 2.45) is 0 Å². The Hall–Kier alpha value is -3.91. The zero-order valence-corrected chi connectivity index (χ0v) is 25.1. The van der Waals surface area contributed by atoms with Crippen LogP contribution in [0.15, 0.2) is 30.5 Å². The van der Waals surface area contributed by atoms with Gasteiger partial charge >= 0.3 is 0 Å². The Balaban J connectivity index is 1.58. The monoisotopic (exact) mass is 585 g/mol. The van der Waals surface area contributed by atoms with Gasteiger partial charge in [-0.25, -0.2) is 13.8 Å². The highest BCUT2D eigenvalue weighted by Crippen LogP contribution is 2.39. The van der Waals surface area contributed by atoms with Crippen LogP contribution in [0.2, 0.25) is 0 Å². The summed E-state index contributed by atoms with van der Waals surface area (Å²) in [5.74, 6) is 2.28. The molecule has 2 saturated heterocycles. The molecule has 4 aromatic rings. The molecule has 2 fully saturated rings. The molecule has 0 aliphatic carbocycles. The van der Waals surface area contributed by atoms with E-state index in [0.29, 0.717) is 51.6 Å². The van der Waals surface area contributed by atoms with E-state index in [4.69, 9.17) is 16.4 Å². The Bertz CT molecular complexity index is 1730. The van der Waals surface area contributed by atoms with E-state index in [1.807, 2.05) is 11.9 Å². The van der Waals surface area contributed by atoms with E-state index in [0.717, 1.165) is 45.6 Å². The Morgan fingerprint density at radius 2 is 1.93 bits per heavy atom. The van der Waals surface area contributed by atoms with E-state index < -0.39 is 17.2 Å². The molecule has 6 rings (SSSR count). The van der Waals surface area contributed by atoms with E-state index in [1.165, 1.54) is 6.07 Å². The van der Waals surface area contributed by atoms with E-state index in [-0.39, 0.29) is 16.8 Å². The predicted molar refractivity (Wildman–Crippen MR) is 167 cm³/mol. The highest BCUT2D eigenvalue weighted by molar-refractivity contribution is 6.02. The van der Waals surface area contributed by atoms with Gasteiger partial charge in [0.2, 0.25) is 5.95 Å². The van der Waals surface area contributed by atoms with Gasteiger partial charge in [-0.15, -0.1) is 6.42 Å². The topological polar surface area (TPSA) is 80.7 Å². The fourth-order valence-corrected chi connectivity index (χ4v) is 6.11. The summed E-state index contributed by atoms with van der Waals surface area (Å²) in [6, 6.07) is 6.57. The fourth-order valence-electron chi connectivity index (χ4n) is 6.11. The maximum absolute atomic E-state index is 16.9. The minimum Gasteiger partial charge on any atom is -0.386 e. The quantitative estimate of drug-likeness (QED) is 0.325. The number of benzene rings is 2. The van der Waals surface area contributed by atoms with Crippen molar-refractivity contribution < 1.29 is 13.9 Å². The van der Waals surface area contributed by atoms with Gasteiger partial charge in [-0.3, -0.25) is 4.98 Å². The number of anilines is 2. The Morgan fingerprint density at radius 3 is 2.60 bits per heavy atom. The molecule has 0 spiro atoms. The Labute approximate surface area is 250 Å². The lowest BCUT2D eigenvalue weighted by Crippen LogP contribution is -2.45. The lowest BCUT2D eigenvalue weighted by Gasteiger charge is -2.33. The standard InChI is InChI=1S/C33H37F2N7O/c1-6-23-26(34)10-9-20-16-21(33(2,3)43)17-24(27(20)23)29-28(35)30-25(18-37-29)31(41(5)19-22-8-7-11-36-22)39-32(38-30)42-14-12-40(4)13-15-42/h1,9-10,16-18,22,36,43H,7-8,11-15,19H2,2-5H3/t22-/m1/s1. The molecule has 224 valence electrons. The van der Waals surface area contributed by atoms with Crippen molar-refractivity contribution in [1.29, 1.82) is 0 Å². The van der Waals surface area contributed by atoms with Crippen molar-refractivity contribution in [1.82, 2.24) is 25.2 Å². The van der Waals surface area contributed by atoms with E-state index in [1.54, 1.807) is 38.2 Å². The first-order chi connectivity index (χ1) is 20.5. The minimum absolute atomic E-state index is 0.0141. The fraction of sp³-hybridized carbons (Fsp3) is 0.424. The number of terminal acetylenes is 1. The molecule has 2 aliphatic rings. The summed E-state index contributed by atoms with van der Waals surface area (Å²) in [5.41, 5.74) is -0.290. The smallest absolute Gasteiger partial charge is 0.228 e. The zero-order valence-electron chi connectivity index (χ0n) is 25.1. The molecule has 2 aromatic heterocycles. The first-order valence-corrected chi connectivity index (χ1v) is 14.8. The van der Waals surface area contributed by atoms with Gasteiger partial charge in [0.1, 0.15) is 22.8 Å². The lowest BCUT2D eigenvalue weighted by molar-refractivity contribution is 0.0788. The summed E-state index contributed by atoms with van der Waals surface area (Å²) in [5, 5.41) is 15.8. The number of aliphatic hydroxyl groups is 1. The second-order valence-corrected chi connectivity index (χ2v) is 12.2. The first kappa shape index (κ1) is 29.2. The van der Waals surface area contributed by atoms with Crippen LogP contribution in [0.3, 0.4) is 0 Å². The highest BCUT2D eigenvalue weighted by Gasteiger charge is 2.27. The Morgan fingerprint density at radius 1 is 1.16 bits per heavy atom. The maximum atomic E-state index is 16.9. The number of pyridine rings is 1. The van der Waals surface area contributed by atoms with Gasteiger partial charge in [-0.05, 0) is 69.4 Å². The minimum atomic E-state index is -1.25. The molecular weight excluding hydrogens is 548 g/mol. The lowest BCUT2D eigenvalue weighted by atomic mass is 9.89.